The summed E-state index contributed by atoms with van der Waals surface area (Å²) in [5, 5.41) is 5.84. The third-order valence-electron chi connectivity index (χ3n) is 5.64. The van der Waals surface area contributed by atoms with Gasteiger partial charge in [0, 0.05) is 18.7 Å². The molecule has 0 atom stereocenters. The van der Waals surface area contributed by atoms with Crippen LogP contribution in [0.4, 0.5) is 5.69 Å². The summed E-state index contributed by atoms with van der Waals surface area (Å²) in [6.45, 7) is 2.61. The highest BCUT2D eigenvalue weighted by Gasteiger charge is 2.24. The van der Waals surface area contributed by atoms with Gasteiger partial charge >= 0.3 is 0 Å². The molecule has 0 saturated heterocycles. The minimum Gasteiger partial charge on any atom is -0.494 e. The van der Waals surface area contributed by atoms with Crippen LogP contribution in [-0.2, 0) is 0 Å². The molecule has 0 unspecified atom stereocenters. The number of thiocarbonyl (C=S) groups is 1. The Morgan fingerprint density at radius 1 is 1.09 bits per heavy atom. The maximum absolute atomic E-state index is 13.2. The van der Waals surface area contributed by atoms with Crippen LogP contribution in [0.25, 0.3) is 0 Å². The van der Waals surface area contributed by atoms with Crippen molar-refractivity contribution in [2.75, 3.05) is 19.0 Å². The van der Waals surface area contributed by atoms with E-state index in [0.717, 1.165) is 32.1 Å². The van der Waals surface area contributed by atoms with E-state index in [2.05, 4.69) is 10.6 Å². The number of anilines is 1. The van der Waals surface area contributed by atoms with Gasteiger partial charge in [0.05, 0.1) is 17.9 Å². The molecule has 1 saturated carbocycles. The van der Waals surface area contributed by atoms with Crippen LogP contribution in [0.5, 0.6) is 5.75 Å². The van der Waals surface area contributed by atoms with E-state index in [0.29, 0.717) is 29.2 Å². The van der Waals surface area contributed by atoms with Crippen LogP contribution >= 0.6 is 12.2 Å². The minimum absolute atomic E-state index is 0.0464. The summed E-state index contributed by atoms with van der Waals surface area (Å²) in [5.74, 6) is 0.252. The van der Waals surface area contributed by atoms with Gasteiger partial charge in [-0.05, 0) is 61.8 Å². The second-order valence-corrected chi connectivity index (χ2v) is 8.45. The molecule has 1 fully saturated rings. The van der Waals surface area contributed by atoms with Crippen LogP contribution in [0.15, 0.2) is 48.5 Å². The summed E-state index contributed by atoms with van der Waals surface area (Å²) in [5.41, 5.74) is 1.56. The lowest BCUT2D eigenvalue weighted by Gasteiger charge is -2.31. The van der Waals surface area contributed by atoms with Crippen LogP contribution in [-0.4, -0.2) is 41.5 Å². The Kier molecular flexibility index (Phi) is 8.62. The zero-order valence-electron chi connectivity index (χ0n) is 18.7. The summed E-state index contributed by atoms with van der Waals surface area (Å²) in [6, 6.07) is 14.5. The Morgan fingerprint density at radius 2 is 1.84 bits per heavy atom. The SMILES string of the molecule is CCCOc1cccc(C(=O)NC(=S)Nc2ccccc2C(=O)N(C)C2CCCCC2)c1. The zero-order valence-corrected chi connectivity index (χ0v) is 19.5. The number of nitrogens with zero attached hydrogens (tertiary/aromatic N) is 1. The van der Waals surface area contributed by atoms with Gasteiger partial charge in [-0.25, -0.2) is 0 Å². The molecule has 1 aliphatic rings. The number of hydrogen-bond donors (Lipinski definition) is 2. The van der Waals surface area contributed by atoms with Crippen LogP contribution in [0.2, 0.25) is 0 Å². The number of hydrogen-bond acceptors (Lipinski definition) is 4. The van der Waals surface area contributed by atoms with Gasteiger partial charge in [-0.1, -0.05) is 44.4 Å². The van der Waals surface area contributed by atoms with E-state index < -0.39 is 0 Å². The first kappa shape index (κ1) is 23.7. The van der Waals surface area contributed by atoms with Gasteiger partial charge in [-0.2, -0.15) is 0 Å². The molecule has 2 aromatic carbocycles. The Morgan fingerprint density at radius 3 is 2.59 bits per heavy atom. The van der Waals surface area contributed by atoms with Crippen molar-refractivity contribution in [2.24, 2.45) is 0 Å². The van der Waals surface area contributed by atoms with Gasteiger partial charge in [-0.15, -0.1) is 0 Å². The molecule has 32 heavy (non-hydrogen) atoms. The lowest BCUT2D eigenvalue weighted by Crippen LogP contribution is -2.39. The van der Waals surface area contributed by atoms with Crippen molar-refractivity contribution < 1.29 is 14.3 Å². The molecule has 0 heterocycles. The highest BCUT2D eigenvalue weighted by molar-refractivity contribution is 7.80. The first-order chi connectivity index (χ1) is 15.5. The number of carbonyl (C=O) groups is 2. The smallest absolute Gasteiger partial charge is 0.257 e. The largest absolute Gasteiger partial charge is 0.494 e. The normalized spacial score (nSPS) is 13.8. The second kappa shape index (κ2) is 11.6. The van der Waals surface area contributed by atoms with Crippen molar-refractivity contribution in [1.29, 1.82) is 0 Å². The van der Waals surface area contributed by atoms with Crippen LogP contribution in [0.1, 0.15) is 66.2 Å². The molecular weight excluding hydrogens is 422 g/mol. The van der Waals surface area contributed by atoms with Crippen molar-refractivity contribution in [3.8, 4) is 5.75 Å². The molecule has 2 aromatic rings. The fourth-order valence-corrected chi connectivity index (χ4v) is 4.08. The molecule has 3 rings (SSSR count). The van der Waals surface area contributed by atoms with E-state index in [9.17, 15) is 9.59 Å². The fourth-order valence-electron chi connectivity index (χ4n) is 3.88. The number of para-hydroxylation sites is 1. The van der Waals surface area contributed by atoms with Gasteiger partial charge in [0.1, 0.15) is 5.75 Å². The Labute approximate surface area is 195 Å². The summed E-state index contributed by atoms with van der Waals surface area (Å²) in [4.78, 5) is 27.6. The summed E-state index contributed by atoms with van der Waals surface area (Å²) in [7, 11) is 1.86. The van der Waals surface area contributed by atoms with Crippen molar-refractivity contribution >= 4 is 34.8 Å². The molecule has 1 aliphatic carbocycles. The molecule has 6 nitrogen and oxygen atoms in total. The maximum Gasteiger partial charge on any atom is 0.257 e. The summed E-state index contributed by atoms with van der Waals surface area (Å²) < 4.78 is 5.59. The number of carbonyl (C=O) groups excluding carboxylic acids is 2. The second-order valence-electron chi connectivity index (χ2n) is 8.04. The van der Waals surface area contributed by atoms with E-state index in [4.69, 9.17) is 17.0 Å². The predicted molar refractivity (Wildman–Crippen MR) is 131 cm³/mol. The molecule has 0 bridgehead atoms. The van der Waals surface area contributed by atoms with E-state index >= 15 is 0 Å². The minimum atomic E-state index is -0.340. The summed E-state index contributed by atoms with van der Waals surface area (Å²) >= 11 is 5.35. The Bertz CT molecular complexity index is 957. The highest BCUT2D eigenvalue weighted by atomic mass is 32.1. The van der Waals surface area contributed by atoms with Crippen molar-refractivity contribution in [3.05, 3.63) is 59.7 Å². The zero-order chi connectivity index (χ0) is 22.9. The molecule has 0 aromatic heterocycles. The molecule has 170 valence electrons. The molecule has 0 aliphatic heterocycles. The average Bonchev–Trinajstić information content (AvgIpc) is 2.82. The van der Waals surface area contributed by atoms with E-state index in [1.54, 1.807) is 30.3 Å². The third-order valence-corrected chi connectivity index (χ3v) is 5.85. The highest BCUT2D eigenvalue weighted by Crippen LogP contribution is 2.25. The Hall–Kier alpha value is -2.93. The average molecular weight is 454 g/mol. The number of rotatable bonds is 7. The van der Waals surface area contributed by atoms with E-state index in [1.807, 2.05) is 37.1 Å². The Balaban J connectivity index is 1.65. The van der Waals surface area contributed by atoms with Crippen molar-refractivity contribution in [1.82, 2.24) is 10.2 Å². The third kappa shape index (κ3) is 6.29. The van der Waals surface area contributed by atoms with Crippen LogP contribution in [0.3, 0.4) is 0 Å². The van der Waals surface area contributed by atoms with Crippen molar-refractivity contribution in [3.63, 3.8) is 0 Å². The van der Waals surface area contributed by atoms with Crippen LogP contribution < -0.4 is 15.4 Å². The monoisotopic (exact) mass is 453 g/mol. The first-order valence-corrected chi connectivity index (χ1v) is 11.6. The first-order valence-electron chi connectivity index (χ1n) is 11.2. The topological polar surface area (TPSA) is 70.7 Å². The van der Waals surface area contributed by atoms with Crippen LogP contribution in [0, 0.1) is 0 Å². The number of ether oxygens (including phenoxy) is 1. The van der Waals surface area contributed by atoms with Gasteiger partial charge in [-0.3, -0.25) is 14.9 Å². The fraction of sp³-hybridized carbons (Fsp3) is 0.400. The number of nitrogens with one attached hydrogen (secondary N) is 2. The predicted octanol–water partition coefficient (Wildman–Crippen LogP) is 5.01. The molecule has 2 N–H and O–H groups in total. The quantitative estimate of drug-likeness (QED) is 0.577. The summed E-state index contributed by atoms with van der Waals surface area (Å²) in [6.07, 6.45) is 6.50. The molecular formula is C25H31N3O3S. The standard InChI is InChI=1S/C25H31N3O3S/c1-3-16-31-20-13-9-10-18(17-20)23(29)27-25(32)26-22-15-8-7-14-21(22)24(30)28(2)19-11-5-4-6-12-19/h7-10,13-15,17,19H,3-6,11-12,16H2,1-2H3,(H2,26,27,29,32). The maximum atomic E-state index is 13.2. The lowest BCUT2D eigenvalue weighted by molar-refractivity contribution is 0.0697. The van der Waals surface area contributed by atoms with Gasteiger partial charge in [0.2, 0.25) is 0 Å². The molecule has 2 amide bonds. The van der Waals surface area contributed by atoms with E-state index in [1.165, 1.54) is 6.42 Å². The number of benzene rings is 2. The molecule has 0 radical (unpaired) electrons. The molecule has 7 heteroatoms. The van der Waals surface area contributed by atoms with Crippen molar-refractivity contribution in [2.45, 2.75) is 51.5 Å². The lowest BCUT2D eigenvalue weighted by atomic mass is 9.94. The molecule has 0 spiro atoms. The van der Waals surface area contributed by atoms with Gasteiger partial charge < -0.3 is 15.0 Å². The van der Waals surface area contributed by atoms with E-state index in [-0.39, 0.29) is 23.0 Å². The van der Waals surface area contributed by atoms with Gasteiger partial charge in [0.25, 0.3) is 11.8 Å². The number of amides is 2. The van der Waals surface area contributed by atoms with Gasteiger partial charge in [0.15, 0.2) is 5.11 Å².